The van der Waals surface area contributed by atoms with E-state index in [2.05, 4.69) is 4.90 Å². The quantitative estimate of drug-likeness (QED) is 0.722. The van der Waals surface area contributed by atoms with Gasteiger partial charge in [0.25, 0.3) is 0 Å². The lowest BCUT2D eigenvalue weighted by Crippen LogP contribution is -2.31. The molecule has 0 aliphatic carbocycles. The lowest BCUT2D eigenvalue weighted by atomic mass is 10.1. The van der Waals surface area contributed by atoms with E-state index in [0.29, 0.717) is 23.5 Å². The van der Waals surface area contributed by atoms with Gasteiger partial charge in [0.1, 0.15) is 17.3 Å². The lowest BCUT2D eigenvalue weighted by molar-refractivity contribution is 0.0958. The summed E-state index contributed by atoms with van der Waals surface area (Å²) in [7, 11) is 0. The third-order valence-corrected chi connectivity index (χ3v) is 4.33. The minimum absolute atomic E-state index is 0.161. The summed E-state index contributed by atoms with van der Waals surface area (Å²) in [6.07, 6.45) is 4.34. The highest BCUT2D eigenvalue weighted by Crippen LogP contribution is 2.22. The zero-order valence-corrected chi connectivity index (χ0v) is 13.7. The summed E-state index contributed by atoms with van der Waals surface area (Å²) in [6.45, 7) is 3.06. The average Bonchev–Trinajstić information content (AvgIpc) is 2.63. The van der Waals surface area contributed by atoms with Crippen LogP contribution in [0.15, 0.2) is 48.5 Å². The monoisotopic (exact) mass is 327 g/mol. The zero-order valence-electron chi connectivity index (χ0n) is 13.7. The molecule has 1 saturated heterocycles. The minimum atomic E-state index is -0.294. The molecule has 0 N–H and O–H groups in total. The van der Waals surface area contributed by atoms with Gasteiger partial charge in [0.15, 0.2) is 5.78 Å². The van der Waals surface area contributed by atoms with E-state index in [4.69, 9.17) is 4.74 Å². The summed E-state index contributed by atoms with van der Waals surface area (Å²) >= 11 is 0. The first-order valence-electron chi connectivity index (χ1n) is 8.50. The average molecular weight is 327 g/mol. The maximum absolute atomic E-state index is 12.9. The molecule has 126 valence electrons. The Balaban J connectivity index is 1.53. The number of piperidine rings is 1. The molecule has 1 aliphatic rings. The fourth-order valence-corrected chi connectivity index (χ4v) is 2.93. The molecule has 1 fully saturated rings. The second-order valence-corrected chi connectivity index (χ2v) is 6.16. The van der Waals surface area contributed by atoms with Gasteiger partial charge in [0.2, 0.25) is 0 Å². The van der Waals surface area contributed by atoms with Crippen LogP contribution in [0.5, 0.6) is 11.5 Å². The number of halogens is 1. The third kappa shape index (κ3) is 4.65. The Morgan fingerprint density at radius 3 is 2.12 bits per heavy atom. The SMILES string of the molecule is O=C(CCN1CCCCC1)c1ccc(Oc2ccc(F)cc2)cc1. The van der Waals surface area contributed by atoms with Gasteiger partial charge in [-0.05, 0) is 74.5 Å². The number of ketones is 1. The molecule has 4 heteroatoms. The van der Waals surface area contributed by atoms with Gasteiger partial charge in [-0.3, -0.25) is 4.79 Å². The Labute approximate surface area is 142 Å². The van der Waals surface area contributed by atoms with E-state index in [9.17, 15) is 9.18 Å². The van der Waals surface area contributed by atoms with Crippen molar-refractivity contribution in [3.8, 4) is 11.5 Å². The van der Waals surface area contributed by atoms with Crippen LogP contribution in [-0.2, 0) is 0 Å². The molecule has 0 amide bonds. The van der Waals surface area contributed by atoms with E-state index < -0.39 is 0 Å². The molecule has 2 aromatic rings. The second-order valence-electron chi connectivity index (χ2n) is 6.16. The van der Waals surface area contributed by atoms with Crippen molar-refractivity contribution >= 4 is 5.78 Å². The maximum atomic E-state index is 12.9. The van der Waals surface area contributed by atoms with E-state index in [1.165, 1.54) is 31.4 Å². The molecule has 0 unspecified atom stereocenters. The standard InChI is InChI=1S/C20H22FNO2/c21-17-6-10-19(11-7-17)24-18-8-4-16(5-9-18)20(23)12-15-22-13-2-1-3-14-22/h4-11H,1-3,12-15H2. The lowest BCUT2D eigenvalue weighted by Gasteiger charge is -2.25. The van der Waals surface area contributed by atoms with Crippen molar-refractivity contribution in [1.29, 1.82) is 0 Å². The van der Waals surface area contributed by atoms with Crippen LogP contribution in [0.4, 0.5) is 4.39 Å². The third-order valence-electron chi connectivity index (χ3n) is 4.33. The van der Waals surface area contributed by atoms with Crippen molar-refractivity contribution in [3.05, 3.63) is 59.9 Å². The highest BCUT2D eigenvalue weighted by molar-refractivity contribution is 5.96. The molecule has 3 nitrogen and oxygen atoms in total. The first-order chi connectivity index (χ1) is 11.7. The Morgan fingerprint density at radius 1 is 0.917 bits per heavy atom. The molecule has 3 rings (SSSR count). The number of rotatable bonds is 6. The molecule has 0 spiro atoms. The van der Waals surface area contributed by atoms with E-state index in [1.54, 1.807) is 36.4 Å². The molecular formula is C20H22FNO2. The number of nitrogens with zero attached hydrogens (tertiary/aromatic N) is 1. The molecule has 1 aliphatic heterocycles. The maximum Gasteiger partial charge on any atom is 0.164 e. The first kappa shape index (κ1) is 16.7. The smallest absolute Gasteiger partial charge is 0.164 e. The van der Waals surface area contributed by atoms with Gasteiger partial charge in [-0.15, -0.1) is 0 Å². The van der Waals surface area contributed by atoms with E-state index in [-0.39, 0.29) is 11.6 Å². The van der Waals surface area contributed by atoms with E-state index >= 15 is 0 Å². The van der Waals surface area contributed by atoms with Crippen molar-refractivity contribution in [3.63, 3.8) is 0 Å². The molecule has 2 aromatic carbocycles. The highest BCUT2D eigenvalue weighted by atomic mass is 19.1. The summed E-state index contributed by atoms with van der Waals surface area (Å²) in [5.74, 6) is 1.07. The van der Waals surface area contributed by atoms with Gasteiger partial charge in [0.05, 0.1) is 0 Å². The number of hydrogen-bond acceptors (Lipinski definition) is 3. The number of Topliss-reactive ketones (excluding diaryl/α,β-unsaturated/α-hetero) is 1. The zero-order chi connectivity index (χ0) is 16.8. The van der Waals surface area contributed by atoms with E-state index in [0.717, 1.165) is 19.6 Å². The van der Waals surface area contributed by atoms with Crippen LogP contribution in [0.25, 0.3) is 0 Å². The van der Waals surface area contributed by atoms with Crippen LogP contribution in [0, 0.1) is 5.82 Å². The van der Waals surface area contributed by atoms with Gasteiger partial charge in [-0.25, -0.2) is 4.39 Å². The van der Waals surface area contributed by atoms with Crippen LogP contribution in [0.1, 0.15) is 36.0 Å². The van der Waals surface area contributed by atoms with Crippen LogP contribution in [0.2, 0.25) is 0 Å². The largest absolute Gasteiger partial charge is 0.457 e. The van der Waals surface area contributed by atoms with Gasteiger partial charge in [-0.2, -0.15) is 0 Å². The topological polar surface area (TPSA) is 29.5 Å². The van der Waals surface area contributed by atoms with Crippen LogP contribution in [-0.4, -0.2) is 30.3 Å². The molecule has 0 bridgehead atoms. The number of carbonyl (C=O) groups is 1. The molecule has 1 heterocycles. The molecule has 0 radical (unpaired) electrons. The fraction of sp³-hybridized carbons (Fsp3) is 0.350. The Morgan fingerprint density at radius 2 is 1.50 bits per heavy atom. The predicted molar refractivity (Wildman–Crippen MR) is 92.2 cm³/mol. The first-order valence-corrected chi connectivity index (χ1v) is 8.50. The van der Waals surface area contributed by atoms with Gasteiger partial charge in [0, 0.05) is 18.5 Å². The van der Waals surface area contributed by atoms with Crippen molar-refractivity contribution in [2.75, 3.05) is 19.6 Å². The summed E-state index contributed by atoms with van der Waals surface area (Å²) in [5, 5.41) is 0. The summed E-state index contributed by atoms with van der Waals surface area (Å²) < 4.78 is 18.5. The van der Waals surface area contributed by atoms with Crippen molar-refractivity contribution in [1.82, 2.24) is 4.90 Å². The van der Waals surface area contributed by atoms with Crippen LogP contribution < -0.4 is 4.74 Å². The normalized spacial score (nSPS) is 15.2. The van der Waals surface area contributed by atoms with Crippen LogP contribution in [0.3, 0.4) is 0 Å². The minimum Gasteiger partial charge on any atom is -0.457 e. The molecule has 0 saturated carbocycles. The number of carbonyl (C=O) groups excluding carboxylic acids is 1. The second kappa shape index (κ2) is 8.06. The molecular weight excluding hydrogens is 305 g/mol. The summed E-state index contributed by atoms with van der Waals surface area (Å²) in [4.78, 5) is 14.7. The Hall–Kier alpha value is -2.20. The Kier molecular flexibility index (Phi) is 5.59. The predicted octanol–water partition coefficient (Wildman–Crippen LogP) is 4.68. The summed E-state index contributed by atoms with van der Waals surface area (Å²) in [6, 6.07) is 13.0. The Bertz CT molecular complexity index is 661. The molecule has 0 aromatic heterocycles. The molecule has 24 heavy (non-hydrogen) atoms. The number of ether oxygens (including phenoxy) is 1. The number of benzene rings is 2. The van der Waals surface area contributed by atoms with Crippen LogP contribution >= 0.6 is 0 Å². The number of likely N-dealkylation sites (tertiary alicyclic amines) is 1. The van der Waals surface area contributed by atoms with E-state index in [1.807, 2.05) is 0 Å². The highest BCUT2D eigenvalue weighted by Gasteiger charge is 2.13. The van der Waals surface area contributed by atoms with Gasteiger partial charge >= 0.3 is 0 Å². The fourth-order valence-electron chi connectivity index (χ4n) is 2.93. The summed E-state index contributed by atoms with van der Waals surface area (Å²) in [5.41, 5.74) is 0.707. The van der Waals surface area contributed by atoms with Gasteiger partial charge < -0.3 is 9.64 Å². The van der Waals surface area contributed by atoms with Gasteiger partial charge in [-0.1, -0.05) is 6.42 Å². The van der Waals surface area contributed by atoms with Crippen molar-refractivity contribution < 1.29 is 13.9 Å². The molecule has 0 atom stereocenters. The number of hydrogen-bond donors (Lipinski definition) is 0. The van der Waals surface area contributed by atoms with Crippen molar-refractivity contribution in [2.24, 2.45) is 0 Å². The van der Waals surface area contributed by atoms with Crippen molar-refractivity contribution in [2.45, 2.75) is 25.7 Å².